The molecule has 0 radical (unpaired) electrons. The smallest absolute Gasteiger partial charge is 0.382 e. The molecule has 8 heteroatoms. The van der Waals surface area contributed by atoms with Crippen LogP contribution >= 0.6 is 15.9 Å². The summed E-state index contributed by atoms with van der Waals surface area (Å²) in [6, 6.07) is 0. The van der Waals surface area contributed by atoms with Crippen molar-refractivity contribution in [2.45, 2.75) is 12.5 Å². The van der Waals surface area contributed by atoms with Gasteiger partial charge in [0.25, 0.3) is 11.8 Å². The molecule has 0 aromatic heterocycles. The number of amides is 2. The zero-order valence-electron chi connectivity index (χ0n) is 7.71. The Hall–Kier alpha value is -1.54. The second kappa shape index (κ2) is 3.80. The zero-order chi connectivity index (χ0) is 11.9. The number of rotatable bonds is 2. The highest BCUT2D eigenvalue weighted by molar-refractivity contribution is 9.11. The van der Waals surface area contributed by atoms with Gasteiger partial charge < -0.3 is 9.94 Å². The van der Waals surface area contributed by atoms with Gasteiger partial charge in [-0.3, -0.25) is 9.59 Å². The number of carbonyl (C=O) groups is 3. The average molecular weight is 289 g/mol. The lowest BCUT2D eigenvalue weighted by Gasteiger charge is -2.14. The molecule has 1 unspecified atom stereocenters. The molecule has 0 spiro atoms. The van der Waals surface area contributed by atoms with E-state index >= 15 is 0 Å². The molecule has 1 N–H and O–H groups in total. The topological polar surface area (TPSA) is 96.3 Å². The summed E-state index contributed by atoms with van der Waals surface area (Å²) in [6.07, 6.45) is -0.437. The largest absolute Gasteiger partial charge is 0.383 e. The van der Waals surface area contributed by atoms with Crippen molar-refractivity contribution in [2.24, 2.45) is 4.99 Å². The number of aliphatic imine (C=N–C) groups is 1. The Labute approximate surface area is 97.5 Å². The predicted molar refractivity (Wildman–Crippen MR) is 53.0 cm³/mol. The number of nitrogens with zero attached hydrogens (tertiary/aromatic N) is 2. The molecule has 1 saturated heterocycles. The number of halogens is 1. The van der Waals surface area contributed by atoms with Crippen molar-refractivity contribution in [3.05, 3.63) is 10.7 Å². The number of hydroxylamine groups is 2. The average Bonchev–Trinajstić information content (AvgIpc) is 2.40. The maximum atomic E-state index is 11.3. The predicted octanol–water partition coefficient (Wildman–Crippen LogP) is -0.745. The Bertz CT molecular complexity index is 455. The first-order chi connectivity index (χ1) is 7.49. The second-order valence-electron chi connectivity index (χ2n) is 3.09. The minimum atomic E-state index is -1.44. The molecule has 0 aromatic carbocycles. The van der Waals surface area contributed by atoms with Crippen molar-refractivity contribution in [1.82, 2.24) is 5.06 Å². The highest BCUT2D eigenvalue weighted by Gasteiger charge is 2.41. The molecule has 2 aliphatic heterocycles. The van der Waals surface area contributed by atoms with E-state index in [9.17, 15) is 14.4 Å². The highest BCUT2D eigenvalue weighted by atomic mass is 79.9. The lowest BCUT2D eigenvalue weighted by Crippen LogP contribution is -2.37. The fraction of sp³-hybridized carbons (Fsp3) is 0.250. The van der Waals surface area contributed by atoms with Crippen molar-refractivity contribution >= 4 is 39.4 Å². The normalized spacial score (nSPS) is 23.9. The van der Waals surface area contributed by atoms with Crippen LogP contribution in [0.25, 0.3) is 0 Å². The van der Waals surface area contributed by atoms with Crippen molar-refractivity contribution in [2.75, 3.05) is 0 Å². The minimum Gasteiger partial charge on any atom is -0.383 e. The molecule has 2 aliphatic rings. The van der Waals surface area contributed by atoms with Gasteiger partial charge in [-0.25, -0.2) is 9.79 Å². The Morgan fingerprint density at radius 1 is 1.62 bits per heavy atom. The number of aliphatic hydroxyl groups excluding tert-OH is 1. The summed E-state index contributed by atoms with van der Waals surface area (Å²) in [5.41, 5.74) is -0.00568. The highest BCUT2D eigenvalue weighted by Crippen LogP contribution is 2.18. The second-order valence-corrected chi connectivity index (χ2v) is 3.90. The van der Waals surface area contributed by atoms with Gasteiger partial charge in [0.05, 0.1) is 6.42 Å². The van der Waals surface area contributed by atoms with E-state index in [0.29, 0.717) is 4.61 Å². The van der Waals surface area contributed by atoms with E-state index in [1.165, 1.54) is 6.08 Å². The van der Waals surface area contributed by atoms with Gasteiger partial charge in [-0.15, -0.1) is 0 Å². The van der Waals surface area contributed by atoms with Crippen LogP contribution in [0.4, 0.5) is 0 Å². The molecule has 1 atom stereocenters. The molecule has 0 saturated carbocycles. The van der Waals surface area contributed by atoms with E-state index in [1.807, 2.05) is 0 Å². The first-order valence-electron chi connectivity index (χ1n) is 4.22. The quantitative estimate of drug-likeness (QED) is 0.533. The van der Waals surface area contributed by atoms with Crippen molar-refractivity contribution in [1.29, 1.82) is 0 Å². The zero-order valence-corrected chi connectivity index (χ0v) is 9.30. The van der Waals surface area contributed by atoms with Gasteiger partial charge >= 0.3 is 5.97 Å². The van der Waals surface area contributed by atoms with Crippen molar-refractivity contribution in [3.63, 3.8) is 0 Å². The summed E-state index contributed by atoms with van der Waals surface area (Å²) in [7, 11) is 0. The summed E-state index contributed by atoms with van der Waals surface area (Å²) in [5.74, 6) is -2.62. The van der Waals surface area contributed by atoms with Crippen LogP contribution in [0, 0.1) is 0 Å². The summed E-state index contributed by atoms with van der Waals surface area (Å²) in [5, 5.41) is 9.31. The standard InChI is InChI=1S/C8H5BrN2O5/c9-5-1-3(10-5)8(15)16-11-6(13)2-4(12)7(11)14/h1,4,12H,2H2. The lowest BCUT2D eigenvalue weighted by atomic mass is 10.3. The third kappa shape index (κ3) is 1.76. The number of aliphatic hydroxyl groups is 1. The number of hydrogen-bond donors (Lipinski definition) is 1. The van der Waals surface area contributed by atoms with Gasteiger partial charge in [-0.1, -0.05) is 5.06 Å². The summed E-state index contributed by atoms with van der Waals surface area (Å²) < 4.78 is 0.471. The van der Waals surface area contributed by atoms with E-state index in [0.717, 1.165) is 0 Å². The Morgan fingerprint density at radius 3 is 2.69 bits per heavy atom. The van der Waals surface area contributed by atoms with E-state index in [4.69, 9.17) is 5.11 Å². The molecular weight excluding hydrogens is 284 g/mol. The minimum absolute atomic E-state index is 0.00568. The fourth-order valence-corrected chi connectivity index (χ4v) is 1.56. The summed E-state index contributed by atoms with van der Waals surface area (Å²) in [6.45, 7) is 0. The van der Waals surface area contributed by atoms with Gasteiger partial charge in [0, 0.05) is 6.08 Å². The molecule has 0 aliphatic carbocycles. The van der Waals surface area contributed by atoms with Gasteiger partial charge in [0.1, 0.15) is 10.7 Å². The van der Waals surface area contributed by atoms with Gasteiger partial charge in [-0.05, 0) is 15.9 Å². The van der Waals surface area contributed by atoms with Crippen LogP contribution in [-0.2, 0) is 19.2 Å². The van der Waals surface area contributed by atoms with Crippen molar-refractivity contribution < 1.29 is 24.3 Å². The van der Waals surface area contributed by atoms with Crippen LogP contribution in [0.5, 0.6) is 0 Å². The van der Waals surface area contributed by atoms with Crippen LogP contribution < -0.4 is 0 Å². The van der Waals surface area contributed by atoms with Gasteiger partial charge in [0.2, 0.25) is 0 Å². The summed E-state index contributed by atoms with van der Waals surface area (Å²) >= 11 is 2.99. The molecule has 2 rings (SSSR count). The number of carbonyl (C=O) groups excluding carboxylic acids is 3. The molecule has 16 heavy (non-hydrogen) atoms. The van der Waals surface area contributed by atoms with Gasteiger partial charge in [0.15, 0.2) is 5.71 Å². The number of imide groups is 1. The van der Waals surface area contributed by atoms with Crippen LogP contribution in [-0.4, -0.2) is 39.8 Å². The molecule has 2 amide bonds. The maximum Gasteiger partial charge on any atom is 0.382 e. The third-order valence-electron chi connectivity index (χ3n) is 1.95. The maximum absolute atomic E-state index is 11.3. The molecule has 1 fully saturated rings. The fourth-order valence-electron chi connectivity index (χ4n) is 1.15. The van der Waals surface area contributed by atoms with Crippen molar-refractivity contribution in [3.8, 4) is 0 Å². The van der Waals surface area contributed by atoms with Crippen LogP contribution in [0.2, 0.25) is 0 Å². The number of hydrogen-bond acceptors (Lipinski definition) is 6. The first-order valence-corrected chi connectivity index (χ1v) is 5.01. The van der Waals surface area contributed by atoms with Crippen LogP contribution in [0.1, 0.15) is 6.42 Å². The van der Waals surface area contributed by atoms with E-state index in [2.05, 4.69) is 25.8 Å². The van der Waals surface area contributed by atoms with Crippen LogP contribution in [0.3, 0.4) is 0 Å². The van der Waals surface area contributed by atoms with E-state index in [-0.39, 0.29) is 17.2 Å². The molecule has 0 aromatic rings. The van der Waals surface area contributed by atoms with Gasteiger partial charge in [-0.2, -0.15) is 0 Å². The third-order valence-corrected chi connectivity index (χ3v) is 2.35. The monoisotopic (exact) mass is 288 g/mol. The Morgan fingerprint density at radius 2 is 2.25 bits per heavy atom. The Balaban J connectivity index is 2.00. The summed E-state index contributed by atoms with van der Waals surface area (Å²) in [4.78, 5) is 41.7. The first kappa shape index (κ1) is 11.0. The van der Waals surface area contributed by atoms with Crippen LogP contribution in [0.15, 0.2) is 15.7 Å². The lowest BCUT2D eigenvalue weighted by molar-refractivity contribution is -0.193. The molecule has 0 bridgehead atoms. The Kier molecular flexibility index (Phi) is 2.60. The SMILES string of the molecule is O=C(ON1C(=O)CC(O)C1=O)C1=NC(Br)=C1. The molecule has 84 valence electrons. The molecular formula is C8H5BrN2O5. The molecule has 2 heterocycles. The van der Waals surface area contributed by atoms with E-state index in [1.54, 1.807) is 0 Å². The van der Waals surface area contributed by atoms with E-state index < -0.39 is 23.9 Å². The molecule has 7 nitrogen and oxygen atoms in total.